The fraction of sp³-hybridized carbons (Fsp3) is 0.360. The molecule has 2 aromatic heterocycles. The van der Waals surface area contributed by atoms with Crippen molar-refractivity contribution in [2.24, 2.45) is 0 Å². The van der Waals surface area contributed by atoms with Gasteiger partial charge in [-0.3, -0.25) is 14.1 Å². The zero-order valence-electron chi connectivity index (χ0n) is 19.3. The molecule has 2 aliphatic heterocycles. The second-order valence-electron chi connectivity index (χ2n) is 8.96. The molecule has 1 amide bonds. The molecule has 178 valence electrons. The average Bonchev–Trinajstić information content (AvgIpc) is 3.51. The van der Waals surface area contributed by atoms with E-state index in [1.807, 2.05) is 48.3 Å². The smallest absolute Gasteiger partial charge is 0.273 e. The number of pyridine rings is 1. The van der Waals surface area contributed by atoms with Gasteiger partial charge in [0.15, 0.2) is 0 Å². The van der Waals surface area contributed by atoms with Gasteiger partial charge >= 0.3 is 0 Å². The van der Waals surface area contributed by atoms with Crippen molar-refractivity contribution in [2.75, 3.05) is 38.0 Å². The number of rotatable bonds is 5. The van der Waals surface area contributed by atoms with E-state index >= 15 is 0 Å². The maximum Gasteiger partial charge on any atom is 0.273 e. The predicted molar refractivity (Wildman–Crippen MR) is 135 cm³/mol. The first-order valence-corrected chi connectivity index (χ1v) is 13.7. The highest BCUT2D eigenvalue weighted by Gasteiger charge is 2.42. The molecule has 1 atom stereocenters. The summed E-state index contributed by atoms with van der Waals surface area (Å²) in [7, 11) is 0.136. The van der Waals surface area contributed by atoms with E-state index in [2.05, 4.69) is 16.9 Å². The van der Waals surface area contributed by atoms with Crippen molar-refractivity contribution in [3.8, 4) is 10.6 Å². The lowest BCUT2D eigenvalue weighted by atomic mass is 9.97. The second-order valence-corrected chi connectivity index (χ2v) is 12.1. The minimum Gasteiger partial charge on any atom is -0.342 e. The van der Waals surface area contributed by atoms with Crippen LogP contribution in [0.5, 0.6) is 0 Å². The third-order valence-electron chi connectivity index (χ3n) is 6.85. The van der Waals surface area contributed by atoms with Crippen molar-refractivity contribution in [2.45, 2.75) is 29.0 Å². The fourth-order valence-corrected chi connectivity index (χ4v) is 7.73. The van der Waals surface area contributed by atoms with Crippen LogP contribution in [-0.2, 0) is 14.8 Å². The third-order valence-corrected chi connectivity index (χ3v) is 10.2. The average molecular weight is 497 g/mol. The Bertz CT molecular complexity index is 1280. The Hall–Kier alpha value is -2.75. The van der Waals surface area contributed by atoms with E-state index < -0.39 is 15.9 Å². The van der Waals surface area contributed by atoms with Gasteiger partial charge in [0.2, 0.25) is 5.91 Å². The van der Waals surface area contributed by atoms with Crippen molar-refractivity contribution in [1.29, 1.82) is 0 Å². The minimum atomic E-state index is -3.82. The van der Waals surface area contributed by atoms with E-state index in [1.54, 1.807) is 24.4 Å². The molecule has 1 saturated heterocycles. The lowest BCUT2D eigenvalue weighted by Crippen LogP contribution is -2.46. The van der Waals surface area contributed by atoms with Crippen molar-refractivity contribution in [3.05, 3.63) is 66.4 Å². The number of nitrogens with zero attached hydrogens (tertiary/aromatic N) is 4. The molecule has 1 unspecified atom stereocenters. The Kier molecular flexibility index (Phi) is 6.18. The van der Waals surface area contributed by atoms with Crippen LogP contribution < -0.4 is 4.31 Å². The molecule has 0 aliphatic carbocycles. The van der Waals surface area contributed by atoms with Crippen LogP contribution in [0.2, 0.25) is 0 Å². The second kappa shape index (κ2) is 9.13. The summed E-state index contributed by atoms with van der Waals surface area (Å²) in [5.74, 6) is -0.522. The highest BCUT2D eigenvalue weighted by molar-refractivity contribution is 7.94. The predicted octanol–water partition coefficient (Wildman–Crippen LogP) is 3.66. The number of likely N-dealkylation sites (N-methyl/N-ethyl adjacent to an activating group) is 1. The zero-order chi connectivity index (χ0) is 23.9. The molecule has 0 N–H and O–H groups in total. The third kappa shape index (κ3) is 4.12. The lowest BCUT2D eigenvalue weighted by Gasteiger charge is -2.36. The molecule has 5 rings (SSSR count). The minimum absolute atomic E-state index is 0.0138. The van der Waals surface area contributed by atoms with Gasteiger partial charge in [0.25, 0.3) is 10.0 Å². The van der Waals surface area contributed by atoms with E-state index in [9.17, 15) is 13.2 Å². The highest BCUT2D eigenvalue weighted by Crippen LogP contribution is 2.42. The zero-order valence-corrected chi connectivity index (χ0v) is 20.9. The van der Waals surface area contributed by atoms with Crippen LogP contribution in [0, 0.1) is 0 Å². The number of amides is 1. The number of para-hydroxylation sites is 1. The Morgan fingerprint density at radius 3 is 2.53 bits per heavy atom. The molecule has 7 nitrogen and oxygen atoms in total. The van der Waals surface area contributed by atoms with Crippen molar-refractivity contribution in [1.82, 2.24) is 14.8 Å². The van der Waals surface area contributed by atoms with Crippen LogP contribution >= 0.6 is 11.3 Å². The van der Waals surface area contributed by atoms with Crippen LogP contribution in [0.1, 0.15) is 24.3 Å². The Labute approximate surface area is 204 Å². The van der Waals surface area contributed by atoms with E-state index in [4.69, 9.17) is 0 Å². The van der Waals surface area contributed by atoms with Gasteiger partial charge in [0.1, 0.15) is 4.21 Å². The summed E-state index contributed by atoms with van der Waals surface area (Å²) < 4.78 is 29.1. The summed E-state index contributed by atoms with van der Waals surface area (Å²) in [6, 6.07) is 16.5. The number of piperidine rings is 1. The number of hydrogen-bond acceptors (Lipinski definition) is 6. The van der Waals surface area contributed by atoms with E-state index in [0.29, 0.717) is 5.69 Å². The summed E-state index contributed by atoms with van der Waals surface area (Å²) in [6.07, 6.45) is 3.55. The van der Waals surface area contributed by atoms with Crippen LogP contribution in [0.3, 0.4) is 0 Å². The van der Waals surface area contributed by atoms with Crippen LogP contribution in [-0.4, -0.2) is 68.9 Å². The van der Waals surface area contributed by atoms with Crippen molar-refractivity contribution < 1.29 is 13.2 Å². The fourth-order valence-electron chi connectivity index (χ4n) is 4.83. The Balaban J connectivity index is 1.42. The number of thiophene rings is 1. The standard InChI is InChI=1S/C25H28N4O3S2/c1-27-15-12-18(13-16-27)28(2)25(30)20-17-29(22-9-4-3-7-19(20)22)34(31,32)24-11-10-23(33-24)21-8-5-6-14-26-21/h3-11,14,18,20H,12-13,15-17H2,1-2H3. The molecule has 34 heavy (non-hydrogen) atoms. The molecule has 0 saturated carbocycles. The summed E-state index contributed by atoms with van der Waals surface area (Å²) in [6.45, 7) is 2.04. The monoisotopic (exact) mass is 496 g/mol. The molecule has 0 bridgehead atoms. The van der Waals surface area contributed by atoms with E-state index in [-0.39, 0.29) is 22.7 Å². The molecule has 0 radical (unpaired) electrons. The number of benzene rings is 1. The Morgan fingerprint density at radius 1 is 1.06 bits per heavy atom. The number of anilines is 1. The number of likely N-dealkylation sites (tertiary alicyclic amines) is 1. The first-order chi connectivity index (χ1) is 16.4. The van der Waals surface area contributed by atoms with Crippen LogP contribution in [0.25, 0.3) is 10.6 Å². The van der Waals surface area contributed by atoms with Crippen LogP contribution in [0.4, 0.5) is 5.69 Å². The molecule has 0 spiro atoms. The topological polar surface area (TPSA) is 73.8 Å². The van der Waals surface area contributed by atoms with E-state index in [1.165, 1.54) is 15.6 Å². The van der Waals surface area contributed by atoms with Gasteiger partial charge in [-0.1, -0.05) is 24.3 Å². The van der Waals surface area contributed by atoms with Gasteiger partial charge in [-0.05, 0) is 68.9 Å². The summed E-state index contributed by atoms with van der Waals surface area (Å²) in [5.41, 5.74) is 2.10. The molecule has 4 heterocycles. The van der Waals surface area contributed by atoms with Gasteiger partial charge in [-0.15, -0.1) is 11.3 Å². The van der Waals surface area contributed by atoms with Gasteiger partial charge in [-0.2, -0.15) is 0 Å². The molecule has 3 aromatic rings. The van der Waals surface area contributed by atoms with Gasteiger partial charge in [0, 0.05) is 19.3 Å². The first kappa shape index (κ1) is 23.0. The highest BCUT2D eigenvalue weighted by atomic mass is 32.2. The summed E-state index contributed by atoms with van der Waals surface area (Å²) in [4.78, 5) is 22.8. The number of sulfonamides is 1. The summed E-state index contributed by atoms with van der Waals surface area (Å²) in [5, 5.41) is 0. The SMILES string of the molecule is CN1CCC(N(C)C(=O)C2CN(S(=O)(=O)c3ccc(-c4ccccn4)s3)c3ccccc32)CC1. The number of hydrogen-bond donors (Lipinski definition) is 0. The quantitative estimate of drug-likeness (QED) is 0.539. The maximum absolute atomic E-state index is 13.7. The Morgan fingerprint density at radius 2 is 1.79 bits per heavy atom. The van der Waals surface area contributed by atoms with Crippen molar-refractivity contribution in [3.63, 3.8) is 0 Å². The molecule has 9 heteroatoms. The first-order valence-electron chi connectivity index (χ1n) is 11.4. The summed E-state index contributed by atoms with van der Waals surface area (Å²) >= 11 is 1.20. The number of fused-ring (bicyclic) bond motifs is 1. The molecule has 1 aromatic carbocycles. The maximum atomic E-state index is 13.7. The lowest BCUT2D eigenvalue weighted by molar-refractivity contribution is -0.134. The number of aromatic nitrogens is 1. The largest absolute Gasteiger partial charge is 0.342 e. The van der Waals surface area contributed by atoms with Gasteiger partial charge in [0.05, 0.1) is 28.7 Å². The molecule has 2 aliphatic rings. The van der Waals surface area contributed by atoms with Crippen molar-refractivity contribution >= 4 is 33.0 Å². The number of carbonyl (C=O) groups is 1. The van der Waals surface area contributed by atoms with Gasteiger partial charge in [-0.25, -0.2) is 8.42 Å². The van der Waals surface area contributed by atoms with Crippen LogP contribution in [0.15, 0.2) is 65.0 Å². The van der Waals surface area contributed by atoms with E-state index in [0.717, 1.165) is 42.1 Å². The molecular weight excluding hydrogens is 468 g/mol. The molecular formula is C25H28N4O3S2. The molecule has 1 fully saturated rings. The number of carbonyl (C=O) groups excluding carboxylic acids is 1. The van der Waals surface area contributed by atoms with Gasteiger partial charge < -0.3 is 9.80 Å². The normalized spacial score (nSPS) is 19.2.